The van der Waals surface area contributed by atoms with Crippen LogP contribution in [0.2, 0.25) is 15.1 Å². The summed E-state index contributed by atoms with van der Waals surface area (Å²) >= 11 is 18.5. The van der Waals surface area contributed by atoms with Crippen molar-refractivity contribution in [2.75, 3.05) is 12.0 Å². The van der Waals surface area contributed by atoms with Gasteiger partial charge in [-0.15, -0.1) is 0 Å². The van der Waals surface area contributed by atoms with Crippen LogP contribution in [0, 0.1) is 6.92 Å². The molecular formula is C25H21Cl3N4O2. The summed E-state index contributed by atoms with van der Waals surface area (Å²) in [6, 6.07) is 20.3. The maximum Gasteiger partial charge on any atom is 0.231 e. The van der Waals surface area contributed by atoms with Crippen molar-refractivity contribution in [3.63, 3.8) is 0 Å². The standard InChI is InChI=1S/C25H21Cl3N4O2/c1-3-33-19-9-11-20(12-10-19)34-25-21(16(2)31-32(25)18-7-5-4-6-8-18)15-29-30-24-22(27)13-17(26)14-23(24)28/h4-15,30H,3H2,1-2H3/b29-15-. The van der Waals surface area contributed by atoms with Crippen molar-refractivity contribution >= 4 is 46.7 Å². The number of hydrazone groups is 1. The smallest absolute Gasteiger partial charge is 0.231 e. The average Bonchev–Trinajstić information content (AvgIpc) is 3.12. The van der Waals surface area contributed by atoms with E-state index in [2.05, 4.69) is 15.6 Å². The highest BCUT2D eigenvalue weighted by atomic mass is 35.5. The summed E-state index contributed by atoms with van der Waals surface area (Å²) in [5, 5.41) is 10.2. The number of hydrogen-bond donors (Lipinski definition) is 1. The topological polar surface area (TPSA) is 60.7 Å². The van der Waals surface area contributed by atoms with Crippen LogP contribution in [0.5, 0.6) is 17.4 Å². The van der Waals surface area contributed by atoms with Crippen molar-refractivity contribution in [2.24, 2.45) is 5.10 Å². The van der Waals surface area contributed by atoms with Crippen molar-refractivity contribution in [1.29, 1.82) is 0 Å². The predicted octanol–water partition coefficient (Wildman–Crippen LogP) is 7.78. The van der Waals surface area contributed by atoms with Crippen LogP contribution in [-0.4, -0.2) is 22.6 Å². The van der Waals surface area contributed by atoms with Crippen LogP contribution in [0.1, 0.15) is 18.2 Å². The third-order valence-corrected chi connectivity index (χ3v) is 5.60. The molecule has 0 spiro atoms. The fraction of sp³-hybridized carbons (Fsp3) is 0.120. The first-order chi connectivity index (χ1) is 16.5. The monoisotopic (exact) mass is 514 g/mol. The quantitative estimate of drug-likeness (QED) is 0.192. The molecule has 34 heavy (non-hydrogen) atoms. The van der Waals surface area contributed by atoms with Gasteiger partial charge in [-0.05, 0) is 62.4 Å². The van der Waals surface area contributed by atoms with Crippen LogP contribution in [0.25, 0.3) is 5.69 Å². The van der Waals surface area contributed by atoms with E-state index in [9.17, 15) is 0 Å². The molecule has 1 N–H and O–H groups in total. The van der Waals surface area contributed by atoms with Gasteiger partial charge in [0, 0.05) is 5.02 Å². The van der Waals surface area contributed by atoms with E-state index < -0.39 is 0 Å². The van der Waals surface area contributed by atoms with E-state index in [4.69, 9.17) is 44.3 Å². The van der Waals surface area contributed by atoms with Crippen LogP contribution in [0.4, 0.5) is 5.69 Å². The molecule has 0 aliphatic heterocycles. The Labute approximate surface area is 212 Å². The number of nitrogens with zero attached hydrogens (tertiary/aromatic N) is 3. The Morgan fingerprint density at radius 3 is 2.26 bits per heavy atom. The van der Waals surface area contributed by atoms with E-state index in [1.807, 2.05) is 68.4 Å². The molecule has 0 atom stereocenters. The molecule has 4 aromatic rings. The Morgan fingerprint density at radius 1 is 0.971 bits per heavy atom. The number of aryl methyl sites for hydroxylation is 1. The summed E-state index contributed by atoms with van der Waals surface area (Å²) in [4.78, 5) is 0. The Kier molecular flexibility index (Phi) is 7.63. The second kappa shape index (κ2) is 10.8. The molecule has 174 valence electrons. The molecule has 0 saturated heterocycles. The molecule has 0 aliphatic rings. The number of benzene rings is 3. The number of ether oxygens (including phenoxy) is 2. The van der Waals surface area contributed by atoms with Crippen LogP contribution < -0.4 is 14.9 Å². The fourth-order valence-electron chi connectivity index (χ4n) is 3.20. The number of halogens is 3. The van der Waals surface area contributed by atoms with Gasteiger partial charge in [0.1, 0.15) is 11.5 Å². The van der Waals surface area contributed by atoms with Crippen molar-refractivity contribution < 1.29 is 9.47 Å². The van der Waals surface area contributed by atoms with E-state index >= 15 is 0 Å². The molecule has 0 unspecified atom stereocenters. The van der Waals surface area contributed by atoms with Crippen LogP contribution in [0.15, 0.2) is 71.8 Å². The zero-order valence-electron chi connectivity index (χ0n) is 18.4. The highest BCUT2D eigenvalue weighted by Gasteiger charge is 2.18. The summed E-state index contributed by atoms with van der Waals surface area (Å²) in [5.74, 6) is 1.91. The van der Waals surface area contributed by atoms with Gasteiger partial charge in [-0.2, -0.15) is 14.9 Å². The lowest BCUT2D eigenvalue weighted by Gasteiger charge is -2.11. The van der Waals surface area contributed by atoms with Crippen molar-refractivity contribution in [1.82, 2.24) is 9.78 Å². The first-order valence-corrected chi connectivity index (χ1v) is 11.6. The minimum Gasteiger partial charge on any atom is -0.494 e. The molecule has 6 nitrogen and oxygen atoms in total. The van der Waals surface area contributed by atoms with Gasteiger partial charge in [0.2, 0.25) is 5.88 Å². The molecule has 4 rings (SSSR count). The second-order valence-electron chi connectivity index (χ2n) is 7.17. The minimum atomic E-state index is 0.359. The number of hydrogen-bond acceptors (Lipinski definition) is 5. The summed E-state index contributed by atoms with van der Waals surface area (Å²) in [6.07, 6.45) is 1.62. The average molecular weight is 516 g/mol. The predicted molar refractivity (Wildman–Crippen MR) is 139 cm³/mol. The van der Waals surface area contributed by atoms with Gasteiger partial charge < -0.3 is 9.47 Å². The SMILES string of the molecule is CCOc1ccc(Oc2c(/C=N\Nc3c(Cl)cc(Cl)cc3Cl)c(C)nn2-c2ccccc2)cc1. The van der Waals surface area contributed by atoms with E-state index in [1.165, 1.54) is 0 Å². The molecule has 0 saturated carbocycles. The maximum absolute atomic E-state index is 6.27. The van der Waals surface area contributed by atoms with Gasteiger partial charge in [0.05, 0.1) is 45.5 Å². The molecule has 0 amide bonds. The minimum absolute atomic E-state index is 0.359. The first kappa shape index (κ1) is 24.0. The molecule has 1 heterocycles. The zero-order chi connectivity index (χ0) is 24.1. The Bertz CT molecular complexity index is 1280. The summed E-state index contributed by atoms with van der Waals surface area (Å²) < 4.78 is 13.5. The number of nitrogens with one attached hydrogen (secondary N) is 1. The molecule has 0 aliphatic carbocycles. The van der Waals surface area contributed by atoms with Crippen molar-refractivity contribution in [3.8, 4) is 23.1 Å². The lowest BCUT2D eigenvalue weighted by atomic mass is 10.2. The Balaban J connectivity index is 1.69. The lowest BCUT2D eigenvalue weighted by Crippen LogP contribution is -2.01. The largest absolute Gasteiger partial charge is 0.494 e. The third-order valence-electron chi connectivity index (χ3n) is 4.79. The first-order valence-electron chi connectivity index (χ1n) is 10.5. The summed E-state index contributed by atoms with van der Waals surface area (Å²) in [7, 11) is 0. The normalized spacial score (nSPS) is 11.1. The van der Waals surface area contributed by atoms with Crippen LogP contribution in [-0.2, 0) is 0 Å². The number of para-hydroxylation sites is 1. The van der Waals surface area contributed by atoms with Gasteiger partial charge >= 0.3 is 0 Å². The molecule has 9 heteroatoms. The van der Waals surface area contributed by atoms with Crippen molar-refractivity contribution in [3.05, 3.63) is 93.1 Å². The number of rotatable bonds is 8. The number of anilines is 1. The van der Waals surface area contributed by atoms with Crippen LogP contribution in [0.3, 0.4) is 0 Å². The molecule has 0 bridgehead atoms. The molecule has 1 aromatic heterocycles. The van der Waals surface area contributed by atoms with E-state index in [1.54, 1.807) is 23.0 Å². The van der Waals surface area contributed by atoms with Gasteiger partial charge in [-0.25, -0.2) is 0 Å². The van der Waals surface area contributed by atoms with Gasteiger partial charge in [-0.1, -0.05) is 53.0 Å². The zero-order valence-corrected chi connectivity index (χ0v) is 20.7. The van der Waals surface area contributed by atoms with E-state index in [0.717, 1.165) is 17.1 Å². The molecular weight excluding hydrogens is 495 g/mol. The van der Waals surface area contributed by atoms with Gasteiger partial charge in [0.15, 0.2) is 0 Å². The highest BCUT2D eigenvalue weighted by Crippen LogP contribution is 2.34. The Morgan fingerprint density at radius 2 is 1.62 bits per heavy atom. The maximum atomic E-state index is 6.27. The van der Waals surface area contributed by atoms with Gasteiger partial charge in [-0.3, -0.25) is 5.43 Å². The van der Waals surface area contributed by atoms with E-state index in [0.29, 0.717) is 44.6 Å². The van der Waals surface area contributed by atoms with Gasteiger partial charge in [0.25, 0.3) is 0 Å². The third kappa shape index (κ3) is 5.47. The van der Waals surface area contributed by atoms with Crippen molar-refractivity contribution in [2.45, 2.75) is 13.8 Å². The summed E-state index contributed by atoms with van der Waals surface area (Å²) in [5.41, 5.74) is 5.60. The highest BCUT2D eigenvalue weighted by molar-refractivity contribution is 6.41. The van der Waals surface area contributed by atoms with E-state index in [-0.39, 0.29) is 0 Å². The molecule has 0 radical (unpaired) electrons. The fourth-order valence-corrected chi connectivity index (χ4v) is 4.10. The van der Waals surface area contributed by atoms with Crippen LogP contribution >= 0.6 is 34.8 Å². The Hall–Kier alpha value is -3.19. The molecule has 0 fully saturated rings. The lowest BCUT2D eigenvalue weighted by molar-refractivity contribution is 0.339. The number of aromatic nitrogens is 2. The summed E-state index contributed by atoms with van der Waals surface area (Å²) in [6.45, 7) is 4.42. The molecule has 3 aromatic carbocycles. The second-order valence-corrected chi connectivity index (χ2v) is 8.42.